The van der Waals surface area contributed by atoms with E-state index in [0.717, 1.165) is 17.3 Å². The Morgan fingerprint density at radius 1 is 1.45 bits per heavy atom. The lowest BCUT2D eigenvalue weighted by molar-refractivity contribution is -0.128. The highest BCUT2D eigenvalue weighted by Crippen LogP contribution is 2.26. The van der Waals surface area contributed by atoms with E-state index in [4.69, 9.17) is 22.2 Å². The van der Waals surface area contributed by atoms with Gasteiger partial charge in [-0.1, -0.05) is 22.8 Å². The number of hydrogen-bond acceptors (Lipinski definition) is 4. The number of primary amides is 1. The van der Waals surface area contributed by atoms with Gasteiger partial charge in [-0.2, -0.15) is 0 Å². The molecule has 1 atom stereocenters. The summed E-state index contributed by atoms with van der Waals surface area (Å²) in [7, 11) is 0. The standard InChI is InChI=1S/C13H16ClN3O3/c1-7-4-8(2)12(10(14)5-7)17-11(18)6-16-20-9(3)13(15)19/h4-6,9H,1-3H3,(H2,15,19)(H,17,18)/b16-6+. The van der Waals surface area contributed by atoms with Crippen LogP contribution in [0, 0.1) is 13.8 Å². The number of nitrogens with one attached hydrogen (secondary N) is 1. The molecule has 108 valence electrons. The van der Waals surface area contributed by atoms with Crippen molar-refractivity contribution in [2.24, 2.45) is 10.9 Å². The van der Waals surface area contributed by atoms with Gasteiger partial charge in [-0.25, -0.2) is 0 Å². The molecule has 0 heterocycles. The summed E-state index contributed by atoms with van der Waals surface area (Å²) in [6, 6.07) is 3.64. The largest absolute Gasteiger partial charge is 0.383 e. The molecular weight excluding hydrogens is 282 g/mol. The van der Waals surface area contributed by atoms with Crippen LogP contribution in [0.2, 0.25) is 5.02 Å². The lowest BCUT2D eigenvalue weighted by atomic mass is 10.1. The normalized spacial score (nSPS) is 12.2. The minimum Gasteiger partial charge on any atom is -0.383 e. The van der Waals surface area contributed by atoms with Gasteiger partial charge in [0.2, 0.25) is 6.10 Å². The Morgan fingerprint density at radius 2 is 2.10 bits per heavy atom. The van der Waals surface area contributed by atoms with Crippen molar-refractivity contribution in [1.29, 1.82) is 0 Å². The Balaban J connectivity index is 2.68. The van der Waals surface area contributed by atoms with Gasteiger partial charge in [0, 0.05) is 0 Å². The second kappa shape index (κ2) is 6.91. The molecular formula is C13H16ClN3O3. The molecule has 0 saturated carbocycles. The average Bonchev–Trinajstić information content (AvgIpc) is 2.33. The van der Waals surface area contributed by atoms with Crippen molar-refractivity contribution in [1.82, 2.24) is 0 Å². The van der Waals surface area contributed by atoms with E-state index in [0.29, 0.717) is 10.7 Å². The summed E-state index contributed by atoms with van der Waals surface area (Å²) >= 11 is 6.05. The Kier molecular flexibility index (Phi) is 5.52. The molecule has 0 aliphatic carbocycles. The van der Waals surface area contributed by atoms with Gasteiger partial charge in [0.05, 0.1) is 10.7 Å². The molecule has 0 aromatic heterocycles. The fourth-order valence-electron chi connectivity index (χ4n) is 1.45. The summed E-state index contributed by atoms with van der Waals surface area (Å²) in [6.45, 7) is 5.17. The van der Waals surface area contributed by atoms with Crippen molar-refractivity contribution in [3.8, 4) is 0 Å². The Labute approximate surface area is 121 Å². The van der Waals surface area contributed by atoms with Crippen molar-refractivity contribution in [3.63, 3.8) is 0 Å². The number of rotatable bonds is 5. The molecule has 7 heteroatoms. The number of carbonyl (C=O) groups is 2. The third-order valence-electron chi connectivity index (χ3n) is 2.47. The summed E-state index contributed by atoms with van der Waals surface area (Å²) < 4.78 is 0. The van der Waals surface area contributed by atoms with Crippen LogP contribution in [0.25, 0.3) is 0 Å². The van der Waals surface area contributed by atoms with Gasteiger partial charge in [-0.3, -0.25) is 9.59 Å². The summed E-state index contributed by atoms with van der Waals surface area (Å²) in [5, 5.41) is 6.42. The van der Waals surface area contributed by atoms with E-state index in [9.17, 15) is 9.59 Å². The van der Waals surface area contributed by atoms with Crippen LogP contribution in [-0.4, -0.2) is 24.1 Å². The summed E-state index contributed by atoms with van der Waals surface area (Å²) in [6.07, 6.45) is 0.0125. The number of benzene rings is 1. The van der Waals surface area contributed by atoms with E-state index < -0.39 is 17.9 Å². The molecule has 0 fully saturated rings. The van der Waals surface area contributed by atoms with Crippen molar-refractivity contribution in [3.05, 3.63) is 28.3 Å². The van der Waals surface area contributed by atoms with Gasteiger partial charge in [0.25, 0.3) is 11.8 Å². The minimum atomic E-state index is -0.899. The number of oxime groups is 1. The molecule has 0 spiro atoms. The molecule has 0 aliphatic rings. The first-order valence-electron chi connectivity index (χ1n) is 5.87. The molecule has 3 N–H and O–H groups in total. The van der Waals surface area contributed by atoms with Gasteiger partial charge in [-0.05, 0) is 38.0 Å². The van der Waals surface area contributed by atoms with Crippen molar-refractivity contribution in [2.45, 2.75) is 26.9 Å². The van der Waals surface area contributed by atoms with E-state index in [-0.39, 0.29) is 0 Å². The smallest absolute Gasteiger partial charge is 0.270 e. The highest BCUT2D eigenvalue weighted by Gasteiger charge is 2.10. The van der Waals surface area contributed by atoms with E-state index in [1.165, 1.54) is 6.92 Å². The number of anilines is 1. The van der Waals surface area contributed by atoms with Crippen LogP contribution in [0.3, 0.4) is 0 Å². The Morgan fingerprint density at radius 3 is 2.65 bits per heavy atom. The van der Waals surface area contributed by atoms with E-state index in [1.807, 2.05) is 19.9 Å². The fraction of sp³-hybridized carbons (Fsp3) is 0.308. The van der Waals surface area contributed by atoms with E-state index in [2.05, 4.69) is 10.5 Å². The van der Waals surface area contributed by atoms with Gasteiger partial charge in [0.15, 0.2) is 0 Å². The molecule has 6 nitrogen and oxygen atoms in total. The zero-order chi connectivity index (χ0) is 15.3. The molecule has 0 radical (unpaired) electrons. The monoisotopic (exact) mass is 297 g/mol. The lowest BCUT2D eigenvalue weighted by Crippen LogP contribution is -2.27. The number of aryl methyl sites for hydroxylation is 2. The number of hydrogen-bond donors (Lipinski definition) is 2. The van der Waals surface area contributed by atoms with Gasteiger partial charge < -0.3 is 15.9 Å². The summed E-state index contributed by atoms with van der Waals surface area (Å²) in [5.41, 5.74) is 7.32. The number of halogens is 1. The molecule has 1 rings (SSSR count). The van der Waals surface area contributed by atoms with E-state index in [1.54, 1.807) is 6.07 Å². The first-order valence-corrected chi connectivity index (χ1v) is 6.25. The first kappa shape index (κ1) is 16.0. The Hall–Kier alpha value is -2.08. The van der Waals surface area contributed by atoms with Crippen LogP contribution in [0.5, 0.6) is 0 Å². The fourth-order valence-corrected chi connectivity index (χ4v) is 1.82. The molecule has 0 bridgehead atoms. The number of nitrogens with two attached hydrogens (primary N) is 1. The summed E-state index contributed by atoms with van der Waals surface area (Å²) in [5.74, 6) is -1.18. The molecule has 0 aliphatic heterocycles. The van der Waals surface area contributed by atoms with Crippen LogP contribution >= 0.6 is 11.6 Å². The van der Waals surface area contributed by atoms with Gasteiger partial charge >= 0.3 is 0 Å². The molecule has 20 heavy (non-hydrogen) atoms. The van der Waals surface area contributed by atoms with E-state index >= 15 is 0 Å². The molecule has 0 saturated heterocycles. The quantitative estimate of drug-likeness (QED) is 0.640. The second-order valence-electron chi connectivity index (χ2n) is 4.31. The second-order valence-corrected chi connectivity index (χ2v) is 4.72. The Bertz CT molecular complexity index is 535. The number of amides is 2. The van der Waals surface area contributed by atoms with Crippen LogP contribution < -0.4 is 11.1 Å². The highest BCUT2D eigenvalue weighted by molar-refractivity contribution is 6.37. The third kappa shape index (κ3) is 4.55. The maximum Gasteiger partial charge on any atom is 0.270 e. The van der Waals surface area contributed by atoms with Crippen LogP contribution in [0.4, 0.5) is 5.69 Å². The lowest BCUT2D eigenvalue weighted by Gasteiger charge is -2.10. The predicted molar refractivity (Wildman–Crippen MR) is 77.8 cm³/mol. The topological polar surface area (TPSA) is 93.8 Å². The van der Waals surface area contributed by atoms with Crippen molar-refractivity contribution >= 4 is 35.3 Å². The molecule has 1 aromatic carbocycles. The minimum absolute atomic E-state index is 0.440. The zero-order valence-corrected chi connectivity index (χ0v) is 12.2. The maximum absolute atomic E-state index is 11.6. The molecule has 1 unspecified atom stereocenters. The van der Waals surface area contributed by atoms with Crippen molar-refractivity contribution < 1.29 is 14.4 Å². The van der Waals surface area contributed by atoms with Crippen LogP contribution in [0.15, 0.2) is 17.3 Å². The highest BCUT2D eigenvalue weighted by atomic mass is 35.5. The first-order chi connectivity index (χ1) is 9.31. The SMILES string of the molecule is Cc1cc(C)c(NC(=O)/C=N/OC(C)C(N)=O)c(Cl)c1. The third-order valence-corrected chi connectivity index (χ3v) is 2.77. The zero-order valence-electron chi connectivity index (χ0n) is 11.4. The molecule has 2 amide bonds. The van der Waals surface area contributed by atoms with Crippen LogP contribution in [-0.2, 0) is 14.4 Å². The van der Waals surface area contributed by atoms with Crippen molar-refractivity contribution in [2.75, 3.05) is 5.32 Å². The van der Waals surface area contributed by atoms with Gasteiger partial charge in [-0.15, -0.1) is 0 Å². The van der Waals surface area contributed by atoms with Gasteiger partial charge in [0.1, 0.15) is 6.21 Å². The summed E-state index contributed by atoms with van der Waals surface area (Å²) in [4.78, 5) is 27.0. The molecule has 1 aromatic rings. The predicted octanol–water partition coefficient (Wildman–Crippen LogP) is 1.77. The van der Waals surface area contributed by atoms with Crippen LogP contribution in [0.1, 0.15) is 18.1 Å². The maximum atomic E-state index is 11.6. The average molecular weight is 298 g/mol. The number of carbonyl (C=O) groups excluding carboxylic acids is 2. The number of nitrogens with zero attached hydrogens (tertiary/aromatic N) is 1.